The molecule has 0 fully saturated rings. The number of hydrogen-bond donors (Lipinski definition) is 2. The van der Waals surface area contributed by atoms with E-state index in [0.29, 0.717) is 0 Å². The Morgan fingerprint density at radius 1 is 1.25 bits per heavy atom. The zero-order chi connectivity index (χ0) is 11.6. The van der Waals surface area contributed by atoms with Crippen LogP contribution in [0.25, 0.3) is 0 Å². The van der Waals surface area contributed by atoms with Gasteiger partial charge in [0.25, 0.3) is 0 Å². The summed E-state index contributed by atoms with van der Waals surface area (Å²) in [5.41, 5.74) is 10.5. The third-order valence-electron chi connectivity index (χ3n) is 1.97. The van der Waals surface area contributed by atoms with Gasteiger partial charge in [0, 0.05) is 5.69 Å². The fourth-order valence-electron chi connectivity index (χ4n) is 1.10. The molecule has 0 saturated carbocycles. The minimum atomic E-state index is -4.50. The number of hydrogen-bond acceptors (Lipinski definition) is 2. The Bertz CT molecular complexity index is 354. The van der Waals surface area contributed by atoms with E-state index in [1.807, 2.05) is 0 Å². The fraction of sp³-hybridized carbons (Fsp3) is 0.333. The van der Waals surface area contributed by atoms with E-state index in [1.54, 1.807) is 0 Å². The quantitative estimate of drug-likeness (QED) is 0.632. The van der Waals surface area contributed by atoms with Crippen LogP contribution < -0.4 is 11.5 Å². The minimum absolute atomic E-state index is 0. The second-order valence-electron chi connectivity index (χ2n) is 3.20. The molecule has 0 amide bonds. The first-order valence-corrected chi connectivity index (χ1v) is 4.17. The minimum Gasteiger partial charge on any atom is -0.399 e. The monoisotopic (exact) mass is 258 g/mol. The van der Waals surface area contributed by atoms with Gasteiger partial charge in [-0.1, -0.05) is 0 Å². The summed E-state index contributed by atoms with van der Waals surface area (Å²) in [4.78, 5) is 0. The van der Waals surface area contributed by atoms with E-state index in [-0.39, 0.29) is 23.7 Å². The topological polar surface area (TPSA) is 52.0 Å². The van der Waals surface area contributed by atoms with Crippen molar-refractivity contribution in [2.75, 3.05) is 5.73 Å². The van der Waals surface area contributed by atoms with Gasteiger partial charge in [-0.05, 0) is 30.2 Å². The van der Waals surface area contributed by atoms with Gasteiger partial charge in [0.05, 0.1) is 0 Å². The molecule has 2 nitrogen and oxygen atoms in total. The van der Waals surface area contributed by atoms with Gasteiger partial charge in [-0.15, -0.1) is 12.4 Å². The van der Waals surface area contributed by atoms with Crippen molar-refractivity contribution in [3.8, 4) is 0 Å². The largest absolute Gasteiger partial charge is 0.403 e. The molecule has 1 aromatic carbocycles. The Morgan fingerprint density at radius 2 is 1.81 bits per heavy atom. The number of alkyl halides is 3. The van der Waals surface area contributed by atoms with Crippen molar-refractivity contribution < 1.29 is 17.6 Å². The number of rotatable bonds is 2. The van der Waals surface area contributed by atoms with Crippen LogP contribution in [0.3, 0.4) is 0 Å². The first-order valence-electron chi connectivity index (χ1n) is 4.17. The molecule has 4 N–H and O–H groups in total. The smallest absolute Gasteiger partial charge is 0.399 e. The molecular weight excluding hydrogens is 248 g/mol. The molecule has 0 radical (unpaired) electrons. The van der Waals surface area contributed by atoms with Gasteiger partial charge in [-0.3, -0.25) is 0 Å². The molecule has 92 valence electrons. The maximum atomic E-state index is 12.7. The van der Waals surface area contributed by atoms with Crippen LogP contribution in [0.5, 0.6) is 0 Å². The Hall–Kier alpha value is -1.01. The number of anilines is 1. The lowest BCUT2D eigenvalue weighted by Crippen LogP contribution is -2.39. The summed E-state index contributed by atoms with van der Waals surface area (Å²) in [6.45, 7) is 0. The summed E-state index contributed by atoms with van der Waals surface area (Å²) in [6, 6.07) is 1.23. The summed E-state index contributed by atoms with van der Waals surface area (Å²) in [5, 5.41) is 0. The third kappa shape index (κ3) is 3.86. The van der Waals surface area contributed by atoms with E-state index in [2.05, 4.69) is 0 Å². The average Bonchev–Trinajstić information content (AvgIpc) is 2.09. The molecular formula is C9H11ClF4N2. The first kappa shape index (κ1) is 15.0. The predicted molar refractivity (Wildman–Crippen MR) is 55.8 cm³/mol. The molecule has 1 atom stereocenters. The highest BCUT2D eigenvalue weighted by molar-refractivity contribution is 5.85. The molecule has 0 bridgehead atoms. The molecule has 1 unspecified atom stereocenters. The fourth-order valence-corrected chi connectivity index (χ4v) is 1.10. The van der Waals surface area contributed by atoms with Crippen LogP contribution in [-0.2, 0) is 6.42 Å². The number of halogens is 5. The second kappa shape index (κ2) is 5.36. The predicted octanol–water partition coefficient (Wildman–Crippen LogP) is 2.26. The second-order valence-corrected chi connectivity index (χ2v) is 3.20. The molecule has 1 aromatic rings. The molecule has 0 aliphatic heterocycles. The van der Waals surface area contributed by atoms with Crippen LogP contribution >= 0.6 is 12.4 Å². The summed E-state index contributed by atoms with van der Waals surface area (Å²) >= 11 is 0. The molecule has 0 heterocycles. The van der Waals surface area contributed by atoms with Crippen molar-refractivity contribution in [2.24, 2.45) is 5.73 Å². The van der Waals surface area contributed by atoms with E-state index in [4.69, 9.17) is 11.5 Å². The number of benzene rings is 1. The average molecular weight is 259 g/mol. The lowest BCUT2D eigenvalue weighted by molar-refractivity contribution is -0.147. The highest BCUT2D eigenvalue weighted by Crippen LogP contribution is 2.23. The third-order valence-corrected chi connectivity index (χ3v) is 1.97. The molecule has 1 rings (SSSR count). The summed E-state index contributed by atoms with van der Waals surface area (Å²) in [5.74, 6) is -0.631. The molecule has 0 saturated heterocycles. The number of nitrogen functional groups attached to an aromatic ring is 1. The molecule has 0 aliphatic carbocycles. The van der Waals surface area contributed by atoms with Gasteiger partial charge in [-0.2, -0.15) is 13.2 Å². The van der Waals surface area contributed by atoms with Crippen molar-refractivity contribution in [1.82, 2.24) is 0 Å². The molecule has 7 heteroatoms. The van der Waals surface area contributed by atoms with E-state index >= 15 is 0 Å². The Morgan fingerprint density at radius 3 is 2.31 bits per heavy atom. The normalized spacial score (nSPS) is 13.1. The molecule has 0 spiro atoms. The van der Waals surface area contributed by atoms with Crippen LogP contribution in [0.4, 0.5) is 23.2 Å². The lowest BCUT2D eigenvalue weighted by Gasteiger charge is -2.16. The van der Waals surface area contributed by atoms with E-state index in [0.717, 1.165) is 12.1 Å². The van der Waals surface area contributed by atoms with Gasteiger partial charge < -0.3 is 11.5 Å². The van der Waals surface area contributed by atoms with Crippen molar-refractivity contribution in [1.29, 1.82) is 0 Å². The van der Waals surface area contributed by atoms with E-state index in [1.165, 1.54) is 6.07 Å². The maximum absolute atomic E-state index is 12.7. The van der Waals surface area contributed by atoms with Crippen molar-refractivity contribution in [3.05, 3.63) is 29.6 Å². The van der Waals surface area contributed by atoms with Gasteiger partial charge in [-0.25, -0.2) is 4.39 Å². The van der Waals surface area contributed by atoms with Crippen molar-refractivity contribution >= 4 is 18.1 Å². The SMILES string of the molecule is Cl.Nc1ccc(F)cc1CC(N)C(F)(F)F. The Labute approximate surface area is 96.0 Å². The zero-order valence-electron chi connectivity index (χ0n) is 8.09. The van der Waals surface area contributed by atoms with Gasteiger partial charge in [0.15, 0.2) is 0 Å². The van der Waals surface area contributed by atoms with E-state index in [9.17, 15) is 17.6 Å². The summed E-state index contributed by atoms with van der Waals surface area (Å²) in [7, 11) is 0. The summed E-state index contributed by atoms with van der Waals surface area (Å²) < 4.78 is 49.0. The van der Waals surface area contributed by atoms with Crippen LogP contribution in [0, 0.1) is 5.82 Å². The molecule has 0 aromatic heterocycles. The molecule has 16 heavy (non-hydrogen) atoms. The molecule has 0 aliphatic rings. The van der Waals surface area contributed by atoms with Gasteiger partial charge in [0.1, 0.15) is 11.9 Å². The van der Waals surface area contributed by atoms with Crippen LogP contribution in [0.1, 0.15) is 5.56 Å². The van der Waals surface area contributed by atoms with Crippen molar-refractivity contribution in [3.63, 3.8) is 0 Å². The van der Waals surface area contributed by atoms with Crippen LogP contribution in [-0.4, -0.2) is 12.2 Å². The van der Waals surface area contributed by atoms with Crippen LogP contribution in [0.2, 0.25) is 0 Å². The Balaban J connectivity index is 0.00000225. The zero-order valence-corrected chi connectivity index (χ0v) is 8.91. The maximum Gasteiger partial charge on any atom is 0.403 e. The first-order chi connectivity index (χ1) is 6.80. The van der Waals surface area contributed by atoms with Gasteiger partial charge in [0.2, 0.25) is 0 Å². The highest BCUT2D eigenvalue weighted by Gasteiger charge is 2.36. The van der Waals surface area contributed by atoms with Crippen LogP contribution in [0.15, 0.2) is 18.2 Å². The van der Waals surface area contributed by atoms with Crippen molar-refractivity contribution in [2.45, 2.75) is 18.6 Å². The highest BCUT2D eigenvalue weighted by atomic mass is 35.5. The summed E-state index contributed by atoms with van der Waals surface area (Å²) in [6.07, 6.45) is -5.02. The lowest BCUT2D eigenvalue weighted by atomic mass is 10.0. The van der Waals surface area contributed by atoms with E-state index < -0.39 is 24.5 Å². The van der Waals surface area contributed by atoms with Gasteiger partial charge >= 0.3 is 6.18 Å². The number of nitrogens with two attached hydrogens (primary N) is 2. The standard InChI is InChI=1S/C9H10F4N2.ClH/c10-6-1-2-7(14)5(3-6)4-8(15)9(11,12)13;/h1-3,8H,4,14-15H2;1H. The Kier molecular flexibility index (Phi) is 5.02.